The SMILES string of the molecule is CCNC1C(N2CCC(N3CCCC3)C2)CCCC1(C)C. The molecule has 2 heterocycles. The maximum Gasteiger partial charge on any atom is 0.0274 e. The summed E-state index contributed by atoms with van der Waals surface area (Å²) in [6.07, 6.45) is 8.43. The van der Waals surface area contributed by atoms with Gasteiger partial charge in [0.05, 0.1) is 0 Å². The lowest BCUT2D eigenvalue weighted by Gasteiger charge is -2.48. The maximum absolute atomic E-state index is 3.83. The monoisotopic (exact) mass is 293 g/mol. The molecule has 2 aliphatic heterocycles. The molecular weight excluding hydrogens is 258 g/mol. The van der Waals surface area contributed by atoms with Gasteiger partial charge in [-0.3, -0.25) is 9.80 Å². The minimum absolute atomic E-state index is 0.449. The first-order valence-corrected chi connectivity index (χ1v) is 9.33. The predicted molar refractivity (Wildman–Crippen MR) is 89.7 cm³/mol. The van der Waals surface area contributed by atoms with Gasteiger partial charge < -0.3 is 5.32 Å². The summed E-state index contributed by atoms with van der Waals surface area (Å²) in [7, 11) is 0. The molecule has 3 unspecified atom stereocenters. The third kappa shape index (κ3) is 3.30. The second-order valence-corrected chi connectivity index (χ2v) is 8.16. The smallest absolute Gasteiger partial charge is 0.0274 e. The summed E-state index contributed by atoms with van der Waals surface area (Å²) in [5, 5.41) is 3.83. The molecule has 21 heavy (non-hydrogen) atoms. The topological polar surface area (TPSA) is 18.5 Å². The zero-order valence-electron chi connectivity index (χ0n) is 14.4. The molecule has 1 aliphatic carbocycles. The van der Waals surface area contributed by atoms with E-state index in [9.17, 15) is 0 Å². The molecule has 3 aliphatic rings. The normalized spacial score (nSPS) is 38.1. The molecule has 0 aromatic rings. The van der Waals surface area contributed by atoms with E-state index >= 15 is 0 Å². The van der Waals surface area contributed by atoms with Crippen LogP contribution in [0.25, 0.3) is 0 Å². The van der Waals surface area contributed by atoms with Crippen LogP contribution < -0.4 is 5.32 Å². The largest absolute Gasteiger partial charge is 0.312 e. The molecular formula is C18H35N3. The Morgan fingerprint density at radius 2 is 1.76 bits per heavy atom. The summed E-state index contributed by atoms with van der Waals surface area (Å²) in [5.74, 6) is 0. The molecule has 3 rings (SSSR count). The number of nitrogens with one attached hydrogen (secondary N) is 1. The van der Waals surface area contributed by atoms with Gasteiger partial charge in [-0.25, -0.2) is 0 Å². The summed E-state index contributed by atoms with van der Waals surface area (Å²) in [5.41, 5.74) is 0.449. The van der Waals surface area contributed by atoms with Gasteiger partial charge in [-0.15, -0.1) is 0 Å². The Labute approximate surface area is 131 Å². The number of likely N-dealkylation sites (tertiary alicyclic amines) is 2. The minimum atomic E-state index is 0.449. The molecule has 3 heteroatoms. The van der Waals surface area contributed by atoms with Crippen LogP contribution in [0.15, 0.2) is 0 Å². The van der Waals surface area contributed by atoms with E-state index in [-0.39, 0.29) is 0 Å². The van der Waals surface area contributed by atoms with E-state index in [1.165, 1.54) is 64.7 Å². The molecule has 0 spiro atoms. The lowest BCUT2D eigenvalue weighted by atomic mass is 9.70. The quantitative estimate of drug-likeness (QED) is 0.860. The van der Waals surface area contributed by atoms with E-state index in [1.54, 1.807) is 0 Å². The van der Waals surface area contributed by atoms with Crippen molar-refractivity contribution in [3.05, 3.63) is 0 Å². The summed E-state index contributed by atoms with van der Waals surface area (Å²) in [4.78, 5) is 5.59. The lowest BCUT2D eigenvalue weighted by molar-refractivity contribution is 0.0582. The summed E-state index contributed by atoms with van der Waals surface area (Å²) < 4.78 is 0. The number of hydrogen-bond donors (Lipinski definition) is 1. The van der Waals surface area contributed by atoms with E-state index in [1.807, 2.05) is 0 Å². The highest BCUT2D eigenvalue weighted by molar-refractivity contribution is 5.00. The average molecular weight is 293 g/mol. The second kappa shape index (κ2) is 6.55. The highest BCUT2D eigenvalue weighted by Crippen LogP contribution is 2.39. The van der Waals surface area contributed by atoms with Gasteiger partial charge in [0.25, 0.3) is 0 Å². The van der Waals surface area contributed by atoms with Crippen molar-refractivity contribution in [3.8, 4) is 0 Å². The van der Waals surface area contributed by atoms with Crippen LogP contribution in [0.5, 0.6) is 0 Å². The Balaban J connectivity index is 1.64. The zero-order chi connectivity index (χ0) is 14.9. The Kier molecular flexibility index (Phi) is 4.92. The Morgan fingerprint density at radius 1 is 1.00 bits per heavy atom. The molecule has 0 amide bonds. The summed E-state index contributed by atoms with van der Waals surface area (Å²) in [6.45, 7) is 13.7. The molecule has 0 bridgehead atoms. The average Bonchev–Trinajstić information content (AvgIpc) is 3.10. The summed E-state index contributed by atoms with van der Waals surface area (Å²) in [6, 6.07) is 2.29. The fraction of sp³-hybridized carbons (Fsp3) is 1.00. The molecule has 0 aromatic heterocycles. The molecule has 0 radical (unpaired) electrons. The first kappa shape index (κ1) is 15.8. The van der Waals surface area contributed by atoms with Gasteiger partial charge in [0.2, 0.25) is 0 Å². The van der Waals surface area contributed by atoms with E-state index in [0.717, 1.165) is 18.6 Å². The van der Waals surface area contributed by atoms with E-state index in [2.05, 4.69) is 35.9 Å². The van der Waals surface area contributed by atoms with Crippen LogP contribution >= 0.6 is 0 Å². The third-order valence-corrected chi connectivity index (χ3v) is 6.29. The van der Waals surface area contributed by atoms with Gasteiger partial charge in [0.15, 0.2) is 0 Å². The Morgan fingerprint density at radius 3 is 2.48 bits per heavy atom. The number of likely N-dealkylation sites (N-methyl/N-ethyl adjacent to an activating group) is 1. The van der Waals surface area contributed by atoms with Gasteiger partial charge >= 0.3 is 0 Å². The molecule has 3 nitrogen and oxygen atoms in total. The predicted octanol–water partition coefficient (Wildman–Crippen LogP) is 2.71. The number of hydrogen-bond acceptors (Lipinski definition) is 3. The van der Waals surface area contributed by atoms with E-state index in [4.69, 9.17) is 0 Å². The fourth-order valence-corrected chi connectivity index (χ4v) is 5.11. The third-order valence-electron chi connectivity index (χ3n) is 6.29. The molecule has 1 saturated carbocycles. The second-order valence-electron chi connectivity index (χ2n) is 8.16. The molecule has 2 saturated heterocycles. The van der Waals surface area contributed by atoms with Crippen LogP contribution in [-0.4, -0.2) is 60.6 Å². The van der Waals surface area contributed by atoms with Crippen molar-refractivity contribution in [1.82, 2.24) is 15.1 Å². The van der Waals surface area contributed by atoms with Crippen molar-refractivity contribution >= 4 is 0 Å². The van der Waals surface area contributed by atoms with Crippen molar-refractivity contribution in [2.75, 3.05) is 32.7 Å². The zero-order valence-corrected chi connectivity index (χ0v) is 14.4. The lowest BCUT2D eigenvalue weighted by Crippen LogP contribution is -2.58. The van der Waals surface area contributed by atoms with Gasteiger partial charge in [-0.1, -0.05) is 27.2 Å². The van der Waals surface area contributed by atoms with E-state index in [0.29, 0.717) is 11.5 Å². The van der Waals surface area contributed by atoms with Crippen LogP contribution in [-0.2, 0) is 0 Å². The summed E-state index contributed by atoms with van der Waals surface area (Å²) >= 11 is 0. The number of nitrogens with zero attached hydrogens (tertiary/aromatic N) is 2. The van der Waals surface area contributed by atoms with Crippen LogP contribution in [0.4, 0.5) is 0 Å². The van der Waals surface area contributed by atoms with Crippen LogP contribution in [0.2, 0.25) is 0 Å². The van der Waals surface area contributed by atoms with Crippen LogP contribution in [0, 0.1) is 5.41 Å². The van der Waals surface area contributed by atoms with Crippen LogP contribution in [0.3, 0.4) is 0 Å². The van der Waals surface area contributed by atoms with Crippen molar-refractivity contribution in [2.45, 2.75) is 77.4 Å². The van der Waals surface area contributed by atoms with Gasteiger partial charge in [0, 0.05) is 31.2 Å². The molecule has 122 valence electrons. The molecule has 0 aromatic carbocycles. The van der Waals surface area contributed by atoms with Gasteiger partial charge in [0.1, 0.15) is 0 Å². The highest BCUT2D eigenvalue weighted by atomic mass is 15.3. The van der Waals surface area contributed by atoms with E-state index < -0.39 is 0 Å². The fourth-order valence-electron chi connectivity index (χ4n) is 5.11. The van der Waals surface area contributed by atoms with Crippen LogP contribution in [0.1, 0.15) is 59.3 Å². The Bertz CT molecular complexity index is 335. The molecule has 1 N–H and O–H groups in total. The van der Waals surface area contributed by atoms with Crippen molar-refractivity contribution in [3.63, 3.8) is 0 Å². The van der Waals surface area contributed by atoms with Crippen molar-refractivity contribution in [1.29, 1.82) is 0 Å². The minimum Gasteiger partial charge on any atom is -0.312 e. The maximum atomic E-state index is 3.83. The molecule has 3 fully saturated rings. The van der Waals surface area contributed by atoms with Gasteiger partial charge in [-0.2, -0.15) is 0 Å². The molecule has 3 atom stereocenters. The Hall–Kier alpha value is -0.120. The standard InChI is InChI=1S/C18H35N3/c1-4-19-17-16(8-7-10-18(17,2)3)21-13-9-15(14-21)20-11-5-6-12-20/h15-17,19H,4-14H2,1-3H3. The van der Waals surface area contributed by atoms with Crippen molar-refractivity contribution < 1.29 is 0 Å². The number of rotatable bonds is 4. The first-order valence-electron chi connectivity index (χ1n) is 9.33. The van der Waals surface area contributed by atoms with Crippen molar-refractivity contribution in [2.24, 2.45) is 5.41 Å². The first-order chi connectivity index (χ1) is 10.1. The highest BCUT2D eigenvalue weighted by Gasteiger charge is 2.43. The van der Waals surface area contributed by atoms with Gasteiger partial charge in [-0.05, 0) is 57.2 Å².